The zero-order valence-electron chi connectivity index (χ0n) is 10.1. The van der Waals surface area contributed by atoms with Gasteiger partial charge in [-0.1, -0.05) is 13.8 Å². The highest BCUT2D eigenvalue weighted by molar-refractivity contribution is 5.86. The SMILES string of the molecule is COC(=O)c1cnc(N(C)CC(C)C)cn1. The Balaban J connectivity index is 2.74. The van der Waals surface area contributed by atoms with Crippen LogP contribution in [-0.4, -0.2) is 36.6 Å². The number of carbonyl (C=O) groups excluding carboxylic acids is 1. The largest absolute Gasteiger partial charge is 0.464 e. The van der Waals surface area contributed by atoms with Crippen molar-refractivity contribution in [2.24, 2.45) is 5.92 Å². The first-order chi connectivity index (χ1) is 7.54. The van der Waals surface area contributed by atoms with Gasteiger partial charge >= 0.3 is 5.97 Å². The summed E-state index contributed by atoms with van der Waals surface area (Å²) in [7, 11) is 3.27. The van der Waals surface area contributed by atoms with Gasteiger partial charge in [0.25, 0.3) is 0 Å². The van der Waals surface area contributed by atoms with Crippen LogP contribution in [0, 0.1) is 5.92 Å². The molecule has 0 aliphatic carbocycles. The zero-order valence-corrected chi connectivity index (χ0v) is 10.1. The van der Waals surface area contributed by atoms with Gasteiger partial charge in [0.2, 0.25) is 0 Å². The van der Waals surface area contributed by atoms with Crippen LogP contribution in [-0.2, 0) is 4.74 Å². The van der Waals surface area contributed by atoms with E-state index in [2.05, 4.69) is 28.6 Å². The quantitative estimate of drug-likeness (QED) is 0.721. The Labute approximate surface area is 95.5 Å². The Kier molecular flexibility index (Phi) is 4.22. The van der Waals surface area contributed by atoms with E-state index in [0.29, 0.717) is 5.92 Å². The molecule has 1 rings (SSSR count). The molecule has 5 heteroatoms. The maximum absolute atomic E-state index is 11.1. The highest BCUT2D eigenvalue weighted by atomic mass is 16.5. The predicted octanol–water partition coefficient (Wildman–Crippen LogP) is 1.36. The standard InChI is InChI=1S/C11H17N3O2/c1-8(2)7-14(3)10-6-12-9(5-13-10)11(15)16-4/h5-6,8H,7H2,1-4H3. The molecule has 0 N–H and O–H groups in total. The van der Waals surface area contributed by atoms with Crippen molar-refractivity contribution >= 4 is 11.8 Å². The number of rotatable bonds is 4. The summed E-state index contributed by atoms with van der Waals surface area (Å²) in [5.41, 5.74) is 0.226. The Morgan fingerprint density at radius 3 is 2.56 bits per heavy atom. The van der Waals surface area contributed by atoms with Gasteiger partial charge in [0.05, 0.1) is 19.5 Å². The minimum atomic E-state index is -0.467. The van der Waals surface area contributed by atoms with E-state index in [1.807, 2.05) is 11.9 Å². The lowest BCUT2D eigenvalue weighted by molar-refractivity contribution is 0.0593. The van der Waals surface area contributed by atoms with E-state index >= 15 is 0 Å². The molecule has 0 atom stereocenters. The fourth-order valence-corrected chi connectivity index (χ4v) is 1.37. The number of anilines is 1. The molecule has 0 unspecified atom stereocenters. The summed E-state index contributed by atoms with van der Waals surface area (Å²) >= 11 is 0. The average molecular weight is 223 g/mol. The lowest BCUT2D eigenvalue weighted by Crippen LogP contribution is -2.23. The molecule has 16 heavy (non-hydrogen) atoms. The van der Waals surface area contributed by atoms with E-state index < -0.39 is 5.97 Å². The van der Waals surface area contributed by atoms with Crippen molar-refractivity contribution in [2.45, 2.75) is 13.8 Å². The van der Waals surface area contributed by atoms with E-state index in [1.165, 1.54) is 13.3 Å². The zero-order chi connectivity index (χ0) is 12.1. The van der Waals surface area contributed by atoms with Gasteiger partial charge in [-0.15, -0.1) is 0 Å². The van der Waals surface area contributed by atoms with Crippen LogP contribution in [0.5, 0.6) is 0 Å². The molecule has 0 fully saturated rings. The third-order valence-corrected chi connectivity index (χ3v) is 2.06. The smallest absolute Gasteiger partial charge is 0.358 e. The second kappa shape index (κ2) is 5.44. The Hall–Kier alpha value is -1.65. The normalized spacial score (nSPS) is 10.3. The maximum atomic E-state index is 11.1. The van der Waals surface area contributed by atoms with Crippen LogP contribution in [0.3, 0.4) is 0 Å². The molecule has 88 valence electrons. The lowest BCUT2D eigenvalue weighted by atomic mass is 10.2. The van der Waals surface area contributed by atoms with Crippen molar-refractivity contribution < 1.29 is 9.53 Å². The van der Waals surface area contributed by atoms with Crippen LogP contribution < -0.4 is 4.90 Å². The molecule has 0 bridgehead atoms. The molecular formula is C11H17N3O2. The maximum Gasteiger partial charge on any atom is 0.358 e. The number of aromatic nitrogens is 2. The average Bonchev–Trinajstić information content (AvgIpc) is 2.27. The fraction of sp³-hybridized carbons (Fsp3) is 0.545. The molecule has 0 amide bonds. The first-order valence-corrected chi connectivity index (χ1v) is 5.16. The summed E-state index contributed by atoms with van der Waals surface area (Å²) < 4.78 is 4.55. The number of ether oxygens (including phenoxy) is 1. The number of methoxy groups -OCH3 is 1. The van der Waals surface area contributed by atoms with E-state index in [4.69, 9.17) is 0 Å². The highest BCUT2D eigenvalue weighted by Crippen LogP contribution is 2.09. The van der Waals surface area contributed by atoms with E-state index in [1.54, 1.807) is 6.20 Å². The van der Waals surface area contributed by atoms with Crippen LogP contribution >= 0.6 is 0 Å². The number of esters is 1. The van der Waals surface area contributed by atoms with E-state index in [-0.39, 0.29) is 5.69 Å². The summed E-state index contributed by atoms with van der Waals surface area (Å²) in [6, 6.07) is 0. The number of nitrogens with zero attached hydrogens (tertiary/aromatic N) is 3. The molecule has 0 aliphatic rings. The number of hydrogen-bond acceptors (Lipinski definition) is 5. The summed E-state index contributed by atoms with van der Waals surface area (Å²) in [6.45, 7) is 5.16. The van der Waals surface area contributed by atoms with Gasteiger partial charge in [-0.3, -0.25) is 0 Å². The Bertz CT molecular complexity index is 349. The molecule has 0 aromatic carbocycles. The third kappa shape index (κ3) is 3.18. The van der Waals surface area contributed by atoms with E-state index in [0.717, 1.165) is 12.4 Å². The summed E-state index contributed by atoms with van der Waals surface area (Å²) in [5.74, 6) is 0.832. The molecule has 5 nitrogen and oxygen atoms in total. The molecule has 0 spiro atoms. The van der Waals surface area contributed by atoms with E-state index in [9.17, 15) is 4.79 Å². The van der Waals surface area contributed by atoms with Gasteiger partial charge in [0.15, 0.2) is 5.69 Å². The van der Waals surface area contributed by atoms with Crippen LogP contribution in [0.1, 0.15) is 24.3 Å². The second-order valence-corrected chi connectivity index (χ2v) is 4.03. The van der Waals surface area contributed by atoms with Crippen molar-refractivity contribution in [1.82, 2.24) is 9.97 Å². The van der Waals surface area contributed by atoms with Gasteiger partial charge in [-0.25, -0.2) is 14.8 Å². The first-order valence-electron chi connectivity index (χ1n) is 5.16. The molecule has 1 heterocycles. The van der Waals surface area contributed by atoms with Gasteiger partial charge in [0.1, 0.15) is 5.82 Å². The van der Waals surface area contributed by atoms with Crippen LogP contribution in [0.4, 0.5) is 5.82 Å². The van der Waals surface area contributed by atoms with Crippen molar-refractivity contribution in [2.75, 3.05) is 25.6 Å². The summed E-state index contributed by atoms with van der Waals surface area (Å²) in [6.07, 6.45) is 3.01. The molecule has 0 saturated carbocycles. The van der Waals surface area contributed by atoms with Gasteiger partial charge in [-0.05, 0) is 5.92 Å². The van der Waals surface area contributed by atoms with Crippen LogP contribution in [0.25, 0.3) is 0 Å². The minimum Gasteiger partial charge on any atom is -0.464 e. The Morgan fingerprint density at radius 1 is 1.44 bits per heavy atom. The van der Waals surface area contributed by atoms with Crippen molar-refractivity contribution in [1.29, 1.82) is 0 Å². The minimum absolute atomic E-state index is 0.226. The molecule has 0 aliphatic heterocycles. The molecule has 0 saturated heterocycles. The molecule has 1 aromatic rings. The monoisotopic (exact) mass is 223 g/mol. The topological polar surface area (TPSA) is 55.3 Å². The lowest BCUT2D eigenvalue weighted by Gasteiger charge is -2.19. The second-order valence-electron chi connectivity index (χ2n) is 4.03. The number of hydrogen-bond donors (Lipinski definition) is 0. The Morgan fingerprint density at radius 2 is 2.12 bits per heavy atom. The third-order valence-electron chi connectivity index (χ3n) is 2.06. The van der Waals surface area contributed by atoms with Crippen molar-refractivity contribution in [3.63, 3.8) is 0 Å². The highest BCUT2D eigenvalue weighted by Gasteiger charge is 2.09. The van der Waals surface area contributed by atoms with Gasteiger partial charge in [-0.2, -0.15) is 0 Å². The first kappa shape index (κ1) is 12.4. The fourth-order valence-electron chi connectivity index (χ4n) is 1.37. The van der Waals surface area contributed by atoms with Crippen molar-refractivity contribution in [3.05, 3.63) is 18.1 Å². The van der Waals surface area contributed by atoms with Crippen LogP contribution in [0.2, 0.25) is 0 Å². The summed E-state index contributed by atoms with van der Waals surface area (Å²) in [5, 5.41) is 0. The number of carbonyl (C=O) groups is 1. The van der Waals surface area contributed by atoms with Crippen molar-refractivity contribution in [3.8, 4) is 0 Å². The molecule has 0 radical (unpaired) electrons. The van der Waals surface area contributed by atoms with Gasteiger partial charge in [0, 0.05) is 13.6 Å². The molecule has 1 aromatic heterocycles. The molecular weight excluding hydrogens is 206 g/mol. The van der Waals surface area contributed by atoms with Crippen LogP contribution in [0.15, 0.2) is 12.4 Å². The predicted molar refractivity (Wildman–Crippen MR) is 61.5 cm³/mol. The summed E-state index contributed by atoms with van der Waals surface area (Å²) in [4.78, 5) is 21.3. The van der Waals surface area contributed by atoms with Gasteiger partial charge < -0.3 is 9.64 Å².